The standard InChI is InChI=1S/C15H19F3N2O/c1-10-7-20(8-11(2)19-10)14(9-21)12-3-5-13(6-4-12)15(16,17)18/h3-6,9-11,14,19H,7-8H2,1-2H3. The van der Waals surface area contributed by atoms with Gasteiger partial charge in [-0.1, -0.05) is 12.1 Å². The lowest BCUT2D eigenvalue weighted by Crippen LogP contribution is -2.55. The second-order valence-corrected chi connectivity index (χ2v) is 5.62. The molecule has 1 heterocycles. The number of nitrogens with zero attached hydrogens (tertiary/aromatic N) is 1. The van der Waals surface area contributed by atoms with Gasteiger partial charge >= 0.3 is 6.18 Å². The first-order valence-corrected chi connectivity index (χ1v) is 6.94. The number of nitrogens with one attached hydrogen (secondary N) is 1. The molecule has 2 rings (SSSR count). The van der Waals surface area contributed by atoms with E-state index in [0.717, 1.165) is 18.4 Å². The molecule has 0 amide bonds. The van der Waals surface area contributed by atoms with Gasteiger partial charge < -0.3 is 10.1 Å². The van der Waals surface area contributed by atoms with Crippen molar-refractivity contribution in [1.82, 2.24) is 10.2 Å². The number of hydrogen-bond acceptors (Lipinski definition) is 3. The first-order chi connectivity index (χ1) is 9.81. The number of halogens is 3. The third-order valence-electron chi connectivity index (χ3n) is 3.69. The van der Waals surface area contributed by atoms with Gasteiger partial charge in [-0.3, -0.25) is 4.90 Å². The minimum absolute atomic E-state index is 0.241. The third kappa shape index (κ3) is 3.83. The Morgan fingerprint density at radius 1 is 1.19 bits per heavy atom. The van der Waals surface area contributed by atoms with Gasteiger partial charge in [0.1, 0.15) is 6.29 Å². The normalized spacial score (nSPS) is 25.6. The van der Waals surface area contributed by atoms with Crippen molar-refractivity contribution in [2.45, 2.75) is 38.1 Å². The van der Waals surface area contributed by atoms with Crippen molar-refractivity contribution in [2.75, 3.05) is 13.1 Å². The highest BCUT2D eigenvalue weighted by Gasteiger charge is 2.31. The van der Waals surface area contributed by atoms with Gasteiger partial charge in [-0.2, -0.15) is 13.2 Å². The van der Waals surface area contributed by atoms with Crippen molar-refractivity contribution >= 4 is 6.29 Å². The Kier molecular flexibility index (Phi) is 4.68. The highest BCUT2D eigenvalue weighted by atomic mass is 19.4. The lowest BCUT2D eigenvalue weighted by molar-refractivity contribution is -0.137. The Morgan fingerprint density at radius 2 is 1.71 bits per heavy atom. The Morgan fingerprint density at radius 3 is 2.14 bits per heavy atom. The van der Waals surface area contributed by atoms with E-state index >= 15 is 0 Å². The predicted octanol–water partition coefficient (Wildman–Crippen LogP) is 2.63. The van der Waals surface area contributed by atoms with E-state index in [4.69, 9.17) is 0 Å². The smallest absolute Gasteiger partial charge is 0.309 e. The first-order valence-electron chi connectivity index (χ1n) is 6.94. The summed E-state index contributed by atoms with van der Waals surface area (Å²) in [6.07, 6.45) is -3.55. The summed E-state index contributed by atoms with van der Waals surface area (Å²) < 4.78 is 37.7. The maximum absolute atomic E-state index is 12.6. The predicted molar refractivity (Wildman–Crippen MR) is 73.9 cm³/mol. The van der Waals surface area contributed by atoms with E-state index < -0.39 is 17.8 Å². The Hall–Kier alpha value is -1.40. The molecular weight excluding hydrogens is 281 g/mol. The van der Waals surface area contributed by atoms with Crippen LogP contribution in [0, 0.1) is 0 Å². The molecule has 0 saturated carbocycles. The zero-order valence-electron chi connectivity index (χ0n) is 12.0. The molecule has 1 aromatic carbocycles. The van der Waals surface area contributed by atoms with Crippen LogP contribution in [0.15, 0.2) is 24.3 Å². The molecule has 6 heteroatoms. The Labute approximate surface area is 122 Å². The topological polar surface area (TPSA) is 32.3 Å². The molecular formula is C15H19F3N2O. The van der Waals surface area contributed by atoms with Gasteiger partial charge in [-0.15, -0.1) is 0 Å². The number of benzene rings is 1. The molecule has 0 aromatic heterocycles. The number of hydrogen-bond donors (Lipinski definition) is 1. The summed E-state index contributed by atoms with van der Waals surface area (Å²) in [4.78, 5) is 13.4. The van der Waals surface area contributed by atoms with Gasteiger partial charge in [-0.05, 0) is 31.5 Å². The fraction of sp³-hybridized carbons (Fsp3) is 0.533. The first kappa shape index (κ1) is 16.0. The molecule has 1 aromatic rings. The summed E-state index contributed by atoms with van der Waals surface area (Å²) in [6, 6.07) is 4.82. The molecule has 0 aliphatic carbocycles. The van der Waals surface area contributed by atoms with Crippen LogP contribution in [0.5, 0.6) is 0 Å². The van der Waals surface area contributed by atoms with Crippen molar-refractivity contribution in [2.24, 2.45) is 0 Å². The fourth-order valence-corrected chi connectivity index (χ4v) is 2.84. The van der Waals surface area contributed by atoms with Crippen LogP contribution in [-0.4, -0.2) is 36.4 Å². The van der Waals surface area contributed by atoms with Crippen molar-refractivity contribution in [3.8, 4) is 0 Å². The van der Waals surface area contributed by atoms with Crippen LogP contribution in [0.25, 0.3) is 0 Å². The van der Waals surface area contributed by atoms with Gasteiger partial charge in [0.25, 0.3) is 0 Å². The van der Waals surface area contributed by atoms with Crippen molar-refractivity contribution in [3.05, 3.63) is 35.4 Å². The van der Waals surface area contributed by atoms with Crippen LogP contribution in [-0.2, 0) is 11.0 Å². The highest BCUT2D eigenvalue weighted by molar-refractivity contribution is 5.61. The van der Waals surface area contributed by atoms with Crippen molar-refractivity contribution in [1.29, 1.82) is 0 Å². The zero-order valence-corrected chi connectivity index (χ0v) is 12.0. The maximum Gasteiger partial charge on any atom is 0.416 e. The van der Waals surface area contributed by atoms with Crippen LogP contribution in [0.2, 0.25) is 0 Å². The number of rotatable bonds is 3. The van der Waals surface area contributed by atoms with Gasteiger partial charge in [0.15, 0.2) is 0 Å². The summed E-state index contributed by atoms with van der Waals surface area (Å²) in [7, 11) is 0. The van der Waals surface area contributed by atoms with Crippen LogP contribution in [0.1, 0.15) is 31.0 Å². The van der Waals surface area contributed by atoms with Gasteiger partial charge in [-0.25, -0.2) is 0 Å². The van der Waals surface area contributed by atoms with E-state index in [1.165, 1.54) is 12.1 Å². The molecule has 1 fully saturated rings. The van der Waals surface area contributed by atoms with Crippen LogP contribution < -0.4 is 5.32 Å². The monoisotopic (exact) mass is 300 g/mol. The summed E-state index contributed by atoms with van der Waals surface area (Å²) >= 11 is 0. The number of carbonyl (C=O) groups is 1. The molecule has 3 atom stereocenters. The van der Waals surface area contributed by atoms with Crippen LogP contribution >= 0.6 is 0 Å². The van der Waals surface area contributed by atoms with Gasteiger partial charge in [0, 0.05) is 25.2 Å². The quantitative estimate of drug-likeness (QED) is 0.871. The van der Waals surface area contributed by atoms with Crippen molar-refractivity contribution < 1.29 is 18.0 Å². The second-order valence-electron chi connectivity index (χ2n) is 5.62. The van der Waals surface area contributed by atoms with Crippen LogP contribution in [0.3, 0.4) is 0 Å². The average Bonchev–Trinajstić information content (AvgIpc) is 2.38. The molecule has 21 heavy (non-hydrogen) atoms. The van der Waals surface area contributed by atoms with E-state index in [9.17, 15) is 18.0 Å². The maximum atomic E-state index is 12.6. The summed E-state index contributed by atoms with van der Waals surface area (Å²) in [6.45, 7) is 5.43. The van der Waals surface area contributed by atoms with E-state index in [1.807, 2.05) is 18.7 Å². The van der Waals surface area contributed by atoms with Crippen LogP contribution in [0.4, 0.5) is 13.2 Å². The van der Waals surface area contributed by atoms with Crippen molar-refractivity contribution in [3.63, 3.8) is 0 Å². The molecule has 116 valence electrons. The second kappa shape index (κ2) is 6.15. The van der Waals surface area contributed by atoms with Gasteiger partial charge in [0.05, 0.1) is 11.6 Å². The minimum atomic E-state index is -4.35. The van der Waals surface area contributed by atoms with Gasteiger partial charge in [0.2, 0.25) is 0 Å². The molecule has 3 nitrogen and oxygen atoms in total. The zero-order chi connectivity index (χ0) is 15.6. The largest absolute Gasteiger partial charge is 0.416 e. The average molecular weight is 300 g/mol. The molecule has 0 radical (unpaired) electrons. The highest BCUT2D eigenvalue weighted by Crippen LogP contribution is 2.30. The molecule has 1 saturated heterocycles. The number of carbonyl (C=O) groups excluding carboxylic acids is 1. The summed E-state index contributed by atoms with van der Waals surface area (Å²) in [5, 5.41) is 3.36. The Bertz CT molecular complexity index is 477. The lowest BCUT2D eigenvalue weighted by atomic mass is 10.0. The Balaban J connectivity index is 2.19. The molecule has 3 unspecified atom stereocenters. The minimum Gasteiger partial charge on any atom is -0.309 e. The summed E-state index contributed by atoms with van der Waals surface area (Å²) in [5.74, 6) is 0. The van der Waals surface area contributed by atoms with E-state index in [1.54, 1.807) is 0 Å². The van der Waals surface area contributed by atoms with E-state index in [0.29, 0.717) is 18.7 Å². The third-order valence-corrected chi connectivity index (χ3v) is 3.69. The van der Waals surface area contributed by atoms with E-state index in [-0.39, 0.29) is 12.1 Å². The number of piperazine rings is 1. The lowest BCUT2D eigenvalue weighted by Gasteiger charge is -2.39. The summed E-state index contributed by atoms with van der Waals surface area (Å²) in [5.41, 5.74) is -0.0998. The van der Waals surface area contributed by atoms with E-state index in [2.05, 4.69) is 5.32 Å². The number of aldehydes is 1. The molecule has 1 aliphatic rings. The molecule has 1 aliphatic heterocycles. The molecule has 1 N–H and O–H groups in total. The molecule has 0 spiro atoms. The fourth-order valence-electron chi connectivity index (χ4n) is 2.84. The number of alkyl halides is 3. The molecule has 0 bridgehead atoms. The SMILES string of the molecule is CC1CN(C(C=O)c2ccc(C(F)(F)F)cc2)CC(C)N1.